The molecule has 0 spiro atoms. The van der Waals surface area contributed by atoms with Gasteiger partial charge in [-0.05, 0) is 18.8 Å². The Labute approximate surface area is 104 Å². The molecule has 1 heterocycles. The van der Waals surface area contributed by atoms with Crippen LogP contribution in [0, 0.1) is 5.92 Å². The number of nitrogens with two attached hydrogens (primary N) is 1. The van der Waals surface area contributed by atoms with Gasteiger partial charge in [0.1, 0.15) is 6.04 Å². The Morgan fingerprint density at radius 2 is 1.67 bits per heavy atom. The van der Waals surface area contributed by atoms with Gasteiger partial charge in [-0.25, -0.2) is 9.59 Å². The van der Waals surface area contributed by atoms with Crippen molar-refractivity contribution in [1.82, 2.24) is 0 Å². The molecule has 18 heavy (non-hydrogen) atoms. The van der Waals surface area contributed by atoms with Crippen molar-refractivity contribution in [2.24, 2.45) is 11.7 Å². The largest absolute Gasteiger partial charge is 0.473 e. The molecule has 0 amide bonds. The van der Waals surface area contributed by atoms with E-state index in [1.54, 1.807) is 0 Å². The Morgan fingerprint density at radius 1 is 1.22 bits per heavy atom. The number of carboxylic acid groups (broad SMARTS) is 2. The maximum atomic E-state index is 11.0. The predicted molar refractivity (Wildman–Crippen MR) is 58.8 cm³/mol. The van der Waals surface area contributed by atoms with Crippen LogP contribution in [-0.2, 0) is 23.9 Å². The van der Waals surface area contributed by atoms with E-state index in [-0.39, 0.29) is 11.9 Å². The number of esters is 1. The highest BCUT2D eigenvalue weighted by Gasteiger charge is 2.26. The van der Waals surface area contributed by atoms with Crippen molar-refractivity contribution in [3.8, 4) is 0 Å². The molecule has 1 aliphatic heterocycles. The van der Waals surface area contributed by atoms with Gasteiger partial charge in [0.15, 0.2) is 0 Å². The Bertz CT molecular complexity index is 287. The monoisotopic (exact) mass is 263 g/mol. The third-order valence-electron chi connectivity index (χ3n) is 2.43. The maximum Gasteiger partial charge on any atom is 0.414 e. The lowest BCUT2D eigenvalue weighted by atomic mass is 9.92. The minimum atomic E-state index is -1.82. The second-order valence-corrected chi connectivity index (χ2v) is 3.61. The van der Waals surface area contributed by atoms with Gasteiger partial charge in [0.2, 0.25) is 0 Å². The highest BCUT2D eigenvalue weighted by atomic mass is 16.5. The van der Waals surface area contributed by atoms with Crippen molar-refractivity contribution in [1.29, 1.82) is 0 Å². The van der Waals surface area contributed by atoms with Gasteiger partial charge in [-0.15, -0.1) is 0 Å². The third kappa shape index (κ3) is 6.16. The first-order valence-corrected chi connectivity index (χ1v) is 5.27. The molecule has 0 aromatic heterocycles. The summed E-state index contributed by atoms with van der Waals surface area (Å²) in [5.41, 5.74) is 5.67. The van der Waals surface area contributed by atoms with Crippen molar-refractivity contribution in [3.05, 3.63) is 0 Å². The van der Waals surface area contributed by atoms with E-state index < -0.39 is 18.0 Å². The van der Waals surface area contributed by atoms with Gasteiger partial charge >= 0.3 is 17.9 Å². The summed E-state index contributed by atoms with van der Waals surface area (Å²) in [7, 11) is 1.36. The minimum absolute atomic E-state index is 0.228. The summed E-state index contributed by atoms with van der Waals surface area (Å²) in [5, 5.41) is 14.8. The Balaban J connectivity index is 0.000000411. The summed E-state index contributed by atoms with van der Waals surface area (Å²) in [5.74, 6) is -3.74. The summed E-state index contributed by atoms with van der Waals surface area (Å²) in [6.45, 7) is 1.41. The fourth-order valence-electron chi connectivity index (χ4n) is 1.40. The van der Waals surface area contributed by atoms with Gasteiger partial charge < -0.3 is 25.4 Å². The molecule has 0 unspecified atom stereocenters. The molecule has 104 valence electrons. The molecule has 0 bridgehead atoms. The van der Waals surface area contributed by atoms with E-state index in [9.17, 15) is 4.79 Å². The van der Waals surface area contributed by atoms with Crippen LogP contribution in [0.2, 0.25) is 0 Å². The number of hydrogen-bond acceptors (Lipinski definition) is 6. The zero-order valence-electron chi connectivity index (χ0n) is 10.00. The molecular weight excluding hydrogens is 246 g/mol. The van der Waals surface area contributed by atoms with Crippen LogP contribution in [0.15, 0.2) is 0 Å². The van der Waals surface area contributed by atoms with Crippen LogP contribution in [0.25, 0.3) is 0 Å². The normalized spacial score (nSPS) is 17.0. The molecular formula is C10H17NO7. The summed E-state index contributed by atoms with van der Waals surface area (Å²) in [4.78, 5) is 29.2. The van der Waals surface area contributed by atoms with E-state index >= 15 is 0 Å². The van der Waals surface area contributed by atoms with Crippen LogP contribution in [-0.4, -0.2) is 54.5 Å². The van der Waals surface area contributed by atoms with Crippen molar-refractivity contribution in [2.45, 2.75) is 18.9 Å². The van der Waals surface area contributed by atoms with Crippen LogP contribution < -0.4 is 5.73 Å². The van der Waals surface area contributed by atoms with Crippen LogP contribution in [0.1, 0.15) is 12.8 Å². The number of rotatable bonds is 2. The zero-order chi connectivity index (χ0) is 14.1. The molecule has 0 aromatic rings. The molecule has 0 aliphatic carbocycles. The standard InChI is InChI=1S/C8H15NO3.C2H2O4/c1-11-8(10)7(9)6-2-4-12-5-3-6;3-1(4)2(5)6/h6-7H,2-5,9H2,1H3;(H,3,4)(H,5,6)/t7-;/m0./s1. The molecule has 1 atom stereocenters. The number of carbonyl (C=O) groups excluding carboxylic acids is 1. The zero-order valence-corrected chi connectivity index (χ0v) is 10.00. The molecule has 1 rings (SSSR count). The van der Waals surface area contributed by atoms with Crippen molar-refractivity contribution in [2.75, 3.05) is 20.3 Å². The lowest BCUT2D eigenvalue weighted by Crippen LogP contribution is -2.41. The average Bonchev–Trinajstić information content (AvgIpc) is 2.38. The first-order valence-electron chi connectivity index (χ1n) is 5.27. The van der Waals surface area contributed by atoms with E-state index in [0.29, 0.717) is 13.2 Å². The van der Waals surface area contributed by atoms with Gasteiger partial charge in [-0.3, -0.25) is 4.79 Å². The van der Waals surface area contributed by atoms with Crippen molar-refractivity contribution in [3.63, 3.8) is 0 Å². The number of aliphatic carboxylic acids is 2. The Morgan fingerprint density at radius 3 is 2.00 bits per heavy atom. The molecule has 1 fully saturated rings. The lowest BCUT2D eigenvalue weighted by molar-refractivity contribution is -0.159. The third-order valence-corrected chi connectivity index (χ3v) is 2.43. The Kier molecular flexibility index (Phi) is 7.64. The number of hydrogen-bond donors (Lipinski definition) is 3. The van der Waals surface area contributed by atoms with E-state index in [1.807, 2.05) is 0 Å². The summed E-state index contributed by atoms with van der Waals surface area (Å²) in [6.07, 6.45) is 1.71. The molecule has 8 heteroatoms. The molecule has 0 saturated carbocycles. The topological polar surface area (TPSA) is 136 Å². The number of carboxylic acids is 2. The number of ether oxygens (including phenoxy) is 2. The van der Waals surface area contributed by atoms with Crippen molar-refractivity contribution < 1.29 is 34.1 Å². The van der Waals surface area contributed by atoms with Crippen molar-refractivity contribution >= 4 is 17.9 Å². The number of methoxy groups -OCH3 is 1. The van der Waals surface area contributed by atoms with Gasteiger partial charge in [-0.2, -0.15) is 0 Å². The summed E-state index contributed by atoms with van der Waals surface area (Å²) >= 11 is 0. The molecule has 1 saturated heterocycles. The van der Waals surface area contributed by atoms with Gasteiger partial charge in [0.25, 0.3) is 0 Å². The van der Waals surface area contributed by atoms with Crippen LogP contribution in [0.5, 0.6) is 0 Å². The fraction of sp³-hybridized carbons (Fsp3) is 0.700. The first-order chi connectivity index (χ1) is 8.40. The lowest BCUT2D eigenvalue weighted by Gasteiger charge is -2.25. The van der Waals surface area contributed by atoms with E-state index in [2.05, 4.69) is 4.74 Å². The van der Waals surface area contributed by atoms with E-state index in [0.717, 1.165) is 12.8 Å². The highest BCUT2D eigenvalue weighted by Crippen LogP contribution is 2.17. The molecule has 4 N–H and O–H groups in total. The molecule has 0 aromatic carbocycles. The second kappa shape index (κ2) is 8.43. The first kappa shape index (κ1) is 16.3. The summed E-state index contributed by atoms with van der Waals surface area (Å²) in [6, 6.07) is -0.473. The molecule has 1 aliphatic rings. The van der Waals surface area contributed by atoms with Gasteiger partial charge in [0.05, 0.1) is 7.11 Å². The van der Waals surface area contributed by atoms with Gasteiger partial charge in [0, 0.05) is 13.2 Å². The fourth-order valence-corrected chi connectivity index (χ4v) is 1.40. The average molecular weight is 263 g/mol. The highest BCUT2D eigenvalue weighted by molar-refractivity contribution is 6.27. The van der Waals surface area contributed by atoms with E-state index in [4.69, 9.17) is 30.3 Å². The predicted octanol–water partition coefficient (Wildman–Crippen LogP) is -0.931. The van der Waals surface area contributed by atoms with Crippen LogP contribution in [0.4, 0.5) is 0 Å². The SMILES string of the molecule is COC(=O)[C@@H](N)C1CCOCC1.O=C(O)C(=O)O. The second-order valence-electron chi connectivity index (χ2n) is 3.61. The Hall–Kier alpha value is -1.67. The smallest absolute Gasteiger partial charge is 0.414 e. The van der Waals surface area contributed by atoms with Crippen LogP contribution in [0.3, 0.4) is 0 Å². The van der Waals surface area contributed by atoms with E-state index in [1.165, 1.54) is 7.11 Å². The number of carbonyl (C=O) groups is 3. The van der Waals surface area contributed by atoms with Gasteiger partial charge in [-0.1, -0.05) is 0 Å². The molecule has 0 radical (unpaired) electrons. The summed E-state index contributed by atoms with van der Waals surface area (Å²) < 4.78 is 9.72. The maximum absolute atomic E-state index is 11.0. The van der Waals surface area contributed by atoms with Crippen LogP contribution >= 0.6 is 0 Å². The quantitative estimate of drug-likeness (QED) is 0.429. The molecule has 8 nitrogen and oxygen atoms in total. The minimum Gasteiger partial charge on any atom is -0.473 e.